The Balaban J connectivity index is 1.48. The Morgan fingerprint density at radius 1 is 1.03 bits per heavy atom. The van der Waals surface area contributed by atoms with Gasteiger partial charge in [0.1, 0.15) is 12.4 Å². The molecule has 0 saturated carbocycles. The minimum absolute atomic E-state index is 0.157. The number of fused-ring (bicyclic) bond motifs is 1. The van der Waals surface area contributed by atoms with E-state index in [-0.39, 0.29) is 10.6 Å². The summed E-state index contributed by atoms with van der Waals surface area (Å²) in [6.45, 7) is 15.0. The molecule has 0 spiro atoms. The third kappa shape index (κ3) is 5.74. The van der Waals surface area contributed by atoms with Gasteiger partial charge in [0.15, 0.2) is 8.32 Å². The minimum atomic E-state index is -1.80. The molecule has 0 amide bonds. The Bertz CT molecular complexity index is 1420. The number of ether oxygens (including phenoxy) is 1. The van der Waals surface area contributed by atoms with E-state index >= 15 is 0 Å². The van der Waals surface area contributed by atoms with Gasteiger partial charge >= 0.3 is 0 Å². The number of aromatic nitrogens is 3. The molecular formula is C28H34ClN3O3Si. The molecule has 6 nitrogen and oxygen atoms in total. The number of halogens is 1. The van der Waals surface area contributed by atoms with Gasteiger partial charge in [-0.05, 0) is 67.0 Å². The summed E-state index contributed by atoms with van der Waals surface area (Å²) >= 11 is 5.93. The molecule has 4 rings (SSSR count). The molecule has 0 aliphatic carbocycles. The van der Waals surface area contributed by atoms with Crippen molar-refractivity contribution < 1.29 is 9.16 Å². The van der Waals surface area contributed by atoms with E-state index in [0.29, 0.717) is 30.5 Å². The maximum Gasteiger partial charge on any atom is 0.258 e. The third-order valence-corrected chi connectivity index (χ3v) is 11.8. The van der Waals surface area contributed by atoms with Crippen LogP contribution in [0.1, 0.15) is 32.0 Å². The molecule has 0 aliphatic rings. The summed E-state index contributed by atoms with van der Waals surface area (Å²) < 4.78 is 15.8. The van der Waals surface area contributed by atoms with Gasteiger partial charge in [-0.1, -0.05) is 44.5 Å². The minimum Gasteiger partial charge on any atom is -0.489 e. The van der Waals surface area contributed by atoms with Gasteiger partial charge in [-0.3, -0.25) is 14.0 Å². The quantitative estimate of drug-likeness (QED) is 0.240. The predicted octanol–water partition coefficient (Wildman–Crippen LogP) is 6.75. The molecule has 2 aromatic heterocycles. The number of rotatable bonds is 8. The van der Waals surface area contributed by atoms with Crippen molar-refractivity contribution in [1.82, 2.24) is 14.3 Å². The fourth-order valence-electron chi connectivity index (χ4n) is 3.73. The van der Waals surface area contributed by atoms with Crippen LogP contribution in [0.4, 0.5) is 0 Å². The summed E-state index contributed by atoms with van der Waals surface area (Å²) in [5.74, 6) is 0.526. The smallest absolute Gasteiger partial charge is 0.258 e. The van der Waals surface area contributed by atoms with Gasteiger partial charge in [-0.2, -0.15) is 5.10 Å². The van der Waals surface area contributed by atoms with Crippen molar-refractivity contribution in [2.45, 2.75) is 59.0 Å². The van der Waals surface area contributed by atoms with Gasteiger partial charge in [0.05, 0.1) is 18.7 Å². The highest BCUT2D eigenvalue weighted by atomic mass is 35.5. The molecule has 190 valence electrons. The number of aryl methyl sites for hydroxylation is 1. The molecule has 0 N–H and O–H groups in total. The van der Waals surface area contributed by atoms with Crippen LogP contribution in [0.25, 0.3) is 16.6 Å². The molecule has 0 atom stereocenters. The van der Waals surface area contributed by atoms with E-state index < -0.39 is 8.32 Å². The van der Waals surface area contributed by atoms with Crippen molar-refractivity contribution in [2.75, 3.05) is 6.61 Å². The summed E-state index contributed by atoms with van der Waals surface area (Å²) in [7, 11) is -1.80. The van der Waals surface area contributed by atoms with E-state index in [0.717, 1.165) is 27.8 Å². The largest absolute Gasteiger partial charge is 0.489 e. The van der Waals surface area contributed by atoms with Crippen molar-refractivity contribution in [1.29, 1.82) is 0 Å². The summed E-state index contributed by atoms with van der Waals surface area (Å²) in [4.78, 5) is 12.9. The Kier molecular flexibility index (Phi) is 7.45. The highest BCUT2D eigenvalue weighted by Gasteiger charge is 2.36. The highest BCUT2D eigenvalue weighted by molar-refractivity contribution is 6.74. The first-order chi connectivity index (χ1) is 16.9. The fraction of sp³-hybridized carbons (Fsp3) is 0.357. The molecule has 0 bridgehead atoms. The number of hydrogen-bond donors (Lipinski definition) is 0. The molecule has 2 aromatic carbocycles. The SMILES string of the molecule is Cc1c2cc(-n3ccc(OCc4ccc(Cl)cc4)cc3=O)ccc2nn1CCO[Si](C)(C)C(C)(C)C. The van der Waals surface area contributed by atoms with Crippen LogP contribution in [-0.4, -0.2) is 29.3 Å². The second kappa shape index (κ2) is 10.2. The summed E-state index contributed by atoms with van der Waals surface area (Å²) in [6.07, 6.45) is 1.74. The average molecular weight is 524 g/mol. The lowest BCUT2D eigenvalue weighted by atomic mass is 10.2. The molecule has 0 saturated heterocycles. The Morgan fingerprint density at radius 3 is 2.42 bits per heavy atom. The van der Waals surface area contributed by atoms with E-state index in [1.807, 2.05) is 47.1 Å². The van der Waals surface area contributed by atoms with Crippen LogP contribution >= 0.6 is 11.6 Å². The van der Waals surface area contributed by atoms with Crippen LogP contribution < -0.4 is 10.3 Å². The van der Waals surface area contributed by atoms with Crippen LogP contribution in [0.15, 0.2) is 65.6 Å². The summed E-state index contributed by atoms with van der Waals surface area (Å²) in [6, 6.07) is 16.6. The number of hydrogen-bond acceptors (Lipinski definition) is 4. The zero-order valence-electron chi connectivity index (χ0n) is 21.8. The lowest BCUT2D eigenvalue weighted by Gasteiger charge is -2.36. The molecule has 0 unspecified atom stereocenters. The highest BCUT2D eigenvalue weighted by Crippen LogP contribution is 2.36. The van der Waals surface area contributed by atoms with Gasteiger partial charge in [0.25, 0.3) is 5.56 Å². The van der Waals surface area contributed by atoms with Gasteiger partial charge in [0, 0.05) is 34.1 Å². The molecular weight excluding hydrogens is 490 g/mol. The maximum atomic E-state index is 12.9. The van der Waals surface area contributed by atoms with Crippen molar-refractivity contribution in [3.8, 4) is 11.4 Å². The monoisotopic (exact) mass is 523 g/mol. The van der Waals surface area contributed by atoms with Gasteiger partial charge < -0.3 is 9.16 Å². The maximum absolute atomic E-state index is 12.9. The van der Waals surface area contributed by atoms with E-state index in [9.17, 15) is 4.79 Å². The predicted molar refractivity (Wildman–Crippen MR) is 149 cm³/mol. The number of nitrogens with zero attached hydrogens (tertiary/aromatic N) is 3. The van der Waals surface area contributed by atoms with Crippen molar-refractivity contribution in [3.05, 3.63) is 87.4 Å². The Labute approximate surface area is 218 Å². The number of benzene rings is 2. The van der Waals surface area contributed by atoms with Crippen LogP contribution in [0.3, 0.4) is 0 Å². The lowest BCUT2D eigenvalue weighted by Crippen LogP contribution is -2.41. The Morgan fingerprint density at radius 2 is 1.75 bits per heavy atom. The molecule has 0 aliphatic heterocycles. The summed E-state index contributed by atoms with van der Waals surface area (Å²) in [5.41, 5.74) is 3.57. The summed E-state index contributed by atoms with van der Waals surface area (Å²) in [5, 5.41) is 6.64. The zero-order valence-corrected chi connectivity index (χ0v) is 23.6. The van der Waals surface area contributed by atoms with Crippen molar-refractivity contribution in [2.24, 2.45) is 0 Å². The first-order valence-electron chi connectivity index (χ1n) is 12.2. The van der Waals surface area contributed by atoms with Crippen LogP contribution in [0, 0.1) is 6.92 Å². The van der Waals surface area contributed by atoms with Crippen molar-refractivity contribution in [3.63, 3.8) is 0 Å². The molecule has 8 heteroatoms. The van der Waals surface area contributed by atoms with Crippen LogP contribution in [0.2, 0.25) is 23.2 Å². The molecule has 36 heavy (non-hydrogen) atoms. The average Bonchev–Trinajstić information content (AvgIpc) is 3.13. The first-order valence-corrected chi connectivity index (χ1v) is 15.4. The number of pyridine rings is 1. The van der Waals surface area contributed by atoms with E-state index in [1.54, 1.807) is 16.8 Å². The lowest BCUT2D eigenvalue weighted by molar-refractivity contribution is 0.265. The zero-order chi connectivity index (χ0) is 26.1. The topological polar surface area (TPSA) is 58.3 Å². The second-order valence-electron chi connectivity index (χ2n) is 10.6. The second-order valence-corrected chi connectivity index (χ2v) is 15.9. The van der Waals surface area contributed by atoms with Crippen LogP contribution in [0.5, 0.6) is 5.75 Å². The Hall–Kier alpha value is -2.87. The van der Waals surface area contributed by atoms with Gasteiger partial charge in [0.2, 0.25) is 0 Å². The van der Waals surface area contributed by atoms with Crippen LogP contribution in [-0.2, 0) is 17.6 Å². The molecule has 4 aromatic rings. The molecule has 2 heterocycles. The normalized spacial score (nSPS) is 12.3. The van der Waals surface area contributed by atoms with Crippen molar-refractivity contribution >= 4 is 30.8 Å². The standard InChI is InChI=1S/C28H34ClN3O3Si/c1-20-25-17-23(11-12-26(25)30-32(20)15-16-35-36(5,6)28(2,3)4)31-14-13-24(18-27(31)33)34-19-21-7-9-22(29)10-8-21/h7-14,17-18H,15-16,19H2,1-6H3. The van der Waals surface area contributed by atoms with E-state index in [4.69, 9.17) is 25.9 Å². The first kappa shape index (κ1) is 26.2. The fourth-order valence-corrected chi connectivity index (χ4v) is 4.89. The third-order valence-electron chi connectivity index (χ3n) is 7.05. The van der Waals surface area contributed by atoms with Gasteiger partial charge in [-0.15, -0.1) is 0 Å². The van der Waals surface area contributed by atoms with Gasteiger partial charge in [-0.25, -0.2) is 0 Å². The van der Waals surface area contributed by atoms with E-state index in [1.165, 1.54) is 6.07 Å². The van der Waals surface area contributed by atoms with E-state index in [2.05, 4.69) is 40.8 Å². The molecule has 0 radical (unpaired) electrons. The molecule has 0 fully saturated rings.